The lowest BCUT2D eigenvalue weighted by Crippen LogP contribution is -2.36. The maximum Gasteiger partial charge on any atom is 0.214 e. The van der Waals surface area contributed by atoms with Crippen molar-refractivity contribution in [2.24, 2.45) is 11.7 Å². The third-order valence-electron chi connectivity index (χ3n) is 2.35. The van der Waals surface area contributed by atoms with Gasteiger partial charge < -0.3 is 15.4 Å². The summed E-state index contributed by atoms with van der Waals surface area (Å²) in [5.41, 5.74) is 4.47. The summed E-state index contributed by atoms with van der Waals surface area (Å²) in [6, 6.07) is 0. The minimum Gasteiger partial charge on any atom is -0.383 e. The molecule has 2 N–H and O–H groups in total. The summed E-state index contributed by atoms with van der Waals surface area (Å²) in [6.07, 6.45) is 2.77. The SMILES string of the molecule is CC.CC(N)=O.COCCN1CCCC(C)C1. The number of hydrogen-bond acceptors (Lipinski definition) is 3. The molecule has 1 amide bonds. The highest BCUT2D eigenvalue weighted by Crippen LogP contribution is 2.14. The molecule has 1 aliphatic rings. The van der Waals surface area contributed by atoms with E-state index >= 15 is 0 Å². The second kappa shape index (κ2) is 13.5. The van der Waals surface area contributed by atoms with Crippen LogP contribution >= 0.6 is 0 Å². The highest BCUT2D eigenvalue weighted by atomic mass is 16.5. The predicted octanol–water partition coefficient (Wildman–Crippen LogP) is 1.88. The van der Waals surface area contributed by atoms with E-state index in [1.165, 1.54) is 32.9 Å². The summed E-state index contributed by atoms with van der Waals surface area (Å²) >= 11 is 0. The number of carbonyl (C=O) groups excluding carboxylic acids is 1. The van der Waals surface area contributed by atoms with Crippen LogP contribution in [-0.4, -0.2) is 44.2 Å². The third-order valence-corrected chi connectivity index (χ3v) is 2.35. The Morgan fingerprint density at radius 1 is 1.47 bits per heavy atom. The predicted molar refractivity (Wildman–Crippen MR) is 72.9 cm³/mol. The quantitative estimate of drug-likeness (QED) is 0.827. The fourth-order valence-electron chi connectivity index (χ4n) is 1.71. The van der Waals surface area contributed by atoms with E-state index < -0.39 is 0 Å². The van der Waals surface area contributed by atoms with E-state index in [2.05, 4.69) is 17.6 Å². The lowest BCUT2D eigenvalue weighted by atomic mass is 10.0. The van der Waals surface area contributed by atoms with E-state index in [9.17, 15) is 4.79 Å². The number of methoxy groups -OCH3 is 1. The van der Waals surface area contributed by atoms with Gasteiger partial charge in [-0.3, -0.25) is 4.79 Å². The number of nitrogens with two attached hydrogens (primary N) is 1. The second-order valence-corrected chi connectivity index (χ2v) is 4.15. The monoisotopic (exact) mass is 246 g/mol. The summed E-state index contributed by atoms with van der Waals surface area (Å²) in [4.78, 5) is 11.7. The van der Waals surface area contributed by atoms with Crippen molar-refractivity contribution in [1.29, 1.82) is 0 Å². The zero-order chi connectivity index (χ0) is 13.7. The molecule has 0 aromatic heterocycles. The van der Waals surface area contributed by atoms with Gasteiger partial charge in [-0.15, -0.1) is 0 Å². The van der Waals surface area contributed by atoms with E-state index in [0.29, 0.717) is 0 Å². The summed E-state index contributed by atoms with van der Waals surface area (Å²) in [5, 5.41) is 0. The fourth-order valence-corrected chi connectivity index (χ4v) is 1.71. The van der Waals surface area contributed by atoms with Crippen LogP contribution in [0.5, 0.6) is 0 Å². The average Bonchev–Trinajstić information content (AvgIpc) is 2.28. The molecular formula is C13H30N2O2. The molecule has 1 unspecified atom stereocenters. The van der Waals surface area contributed by atoms with E-state index in [0.717, 1.165) is 19.1 Å². The standard InChI is InChI=1S/C9H19NO.C2H5NO.C2H6/c1-9-4-3-5-10(8-9)6-7-11-2;1-2(3)4;1-2/h9H,3-8H2,1-2H3;1H3,(H2,3,4);1-2H3. The van der Waals surface area contributed by atoms with Gasteiger partial charge in [0.2, 0.25) is 5.91 Å². The van der Waals surface area contributed by atoms with Crippen LogP contribution in [0.15, 0.2) is 0 Å². The molecule has 1 atom stereocenters. The number of carbonyl (C=O) groups is 1. The molecule has 1 saturated heterocycles. The first kappa shape index (κ1) is 18.7. The van der Waals surface area contributed by atoms with Crippen LogP contribution in [0.3, 0.4) is 0 Å². The molecule has 104 valence electrons. The zero-order valence-electron chi connectivity index (χ0n) is 12.2. The number of ether oxygens (including phenoxy) is 1. The van der Waals surface area contributed by atoms with Gasteiger partial charge in [-0.2, -0.15) is 0 Å². The van der Waals surface area contributed by atoms with Crippen molar-refractivity contribution < 1.29 is 9.53 Å². The van der Waals surface area contributed by atoms with Crippen molar-refractivity contribution in [2.45, 2.75) is 40.5 Å². The highest BCUT2D eigenvalue weighted by Gasteiger charge is 2.14. The first-order valence-electron chi connectivity index (χ1n) is 6.53. The van der Waals surface area contributed by atoms with Gasteiger partial charge in [-0.05, 0) is 25.3 Å². The van der Waals surface area contributed by atoms with Gasteiger partial charge in [-0.1, -0.05) is 20.8 Å². The van der Waals surface area contributed by atoms with E-state index in [-0.39, 0.29) is 5.91 Å². The lowest BCUT2D eigenvalue weighted by Gasteiger charge is -2.30. The molecule has 4 nitrogen and oxygen atoms in total. The molecule has 17 heavy (non-hydrogen) atoms. The Hall–Kier alpha value is -0.610. The Labute approximate surface area is 106 Å². The van der Waals surface area contributed by atoms with Crippen LogP contribution in [0, 0.1) is 5.92 Å². The first-order chi connectivity index (χ1) is 8.06. The van der Waals surface area contributed by atoms with Crippen LogP contribution in [0.4, 0.5) is 0 Å². The summed E-state index contributed by atoms with van der Waals surface area (Å²) in [5.74, 6) is 0.556. The van der Waals surface area contributed by atoms with Crippen molar-refractivity contribution in [3.05, 3.63) is 0 Å². The highest BCUT2D eigenvalue weighted by molar-refractivity contribution is 5.70. The number of hydrogen-bond donors (Lipinski definition) is 1. The lowest BCUT2D eigenvalue weighted by molar-refractivity contribution is -0.115. The van der Waals surface area contributed by atoms with Crippen LogP contribution in [0.25, 0.3) is 0 Å². The molecule has 0 aromatic rings. The normalized spacial score (nSPS) is 19.5. The Bertz CT molecular complexity index is 171. The second-order valence-electron chi connectivity index (χ2n) is 4.15. The Balaban J connectivity index is 0. The molecule has 1 fully saturated rings. The van der Waals surface area contributed by atoms with Gasteiger partial charge in [0.1, 0.15) is 0 Å². The number of likely N-dealkylation sites (tertiary alicyclic amines) is 1. The molecule has 0 saturated carbocycles. The van der Waals surface area contributed by atoms with Gasteiger partial charge in [0.25, 0.3) is 0 Å². The van der Waals surface area contributed by atoms with Crippen LogP contribution < -0.4 is 5.73 Å². The van der Waals surface area contributed by atoms with Gasteiger partial charge in [0.15, 0.2) is 0 Å². The van der Waals surface area contributed by atoms with E-state index in [4.69, 9.17) is 4.74 Å². The number of amides is 1. The molecular weight excluding hydrogens is 216 g/mol. The Morgan fingerprint density at radius 2 is 2.00 bits per heavy atom. The fraction of sp³-hybridized carbons (Fsp3) is 0.923. The van der Waals surface area contributed by atoms with Crippen molar-refractivity contribution in [1.82, 2.24) is 4.90 Å². The Morgan fingerprint density at radius 3 is 2.41 bits per heavy atom. The van der Waals surface area contributed by atoms with Crippen molar-refractivity contribution in [3.63, 3.8) is 0 Å². The van der Waals surface area contributed by atoms with Crippen LogP contribution in [0.2, 0.25) is 0 Å². The third kappa shape index (κ3) is 15.4. The summed E-state index contributed by atoms with van der Waals surface area (Å²) in [7, 11) is 1.77. The largest absolute Gasteiger partial charge is 0.383 e. The molecule has 0 bridgehead atoms. The van der Waals surface area contributed by atoms with E-state index in [1.807, 2.05) is 13.8 Å². The minimum atomic E-state index is -0.333. The topological polar surface area (TPSA) is 55.6 Å². The Kier molecular flexibility index (Phi) is 14.8. The van der Waals surface area contributed by atoms with Gasteiger partial charge in [0, 0.05) is 27.1 Å². The van der Waals surface area contributed by atoms with E-state index in [1.54, 1.807) is 7.11 Å². The molecule has 1 rings (SSSR count). The van der Waals surface area contributed by atoms with Gasteiger partial charge in [-0.25, -0.2) is 0 Å². The molecule has 0 aromatic carbocycles. The van der Waals surface area contributed by atoms with Gasteiger partial charge in [0.05, 0.1) is 6.61 Å². The number of nitrogens with zero attached hydrogens (tertiary/aromatic N) is 1. The first-order valence-corrected chi connectivity index (χ1v) is 6.53. The molecule has 0 spiro atoms. The maximum atomic E-state index is 9.22. The van der Waals surface area contributed by atoms with Crippen LogP contribution in [-0.2, 0) is 9.53 Å². The molecule has 0 aliphatic carbocycles. The number of rotatable bonds is 3. The van der Waals surface area contributed by atoms with Crippen molar-refractivity contribution in [3.8, 4) is 0 Å². The molecule has 1 heterocycles. The molecule has 0 radical (unpaired) electrons. The van der Waals surface area contributed by atoms with Crippen molar-refractivity contribution >= 4 is 5.91 Å². The number of piperidine rings is 1. The van der Waals surface area contributed by atoms with Gasteiger partial charge >= 0.3 is 0 Å². The van der Waals surface area contributed by atoms with Crippen molar-refractivity contribution in [2.75, 3.05) is 33.4 Å². The van der Waals surface area contributed by atoms with Crippen LogP contribution in [0.1, 0.15) is 40.5 Å². The summed E-state index contributed by atoms with van der Waals surface area (Å²) in [6.45, 7) is 12.2. The smallest absolute Gasteiger partial charge is 0.214 e. The minimum absolute atomic E-state index is 0.333. The molecule has 4 heteroatoms. The maximum absolute atomic E-state index is 9.22. The summed E-state index contributed by atoms with van der Waals surface area (Å²) < 4.78 is 5.04. The average molecular weight is 246 g/mol. The number of primary amides is 1. The zero-order valence-corrected chi connectivity index (χ0v) is 12.2. The molecule has 1 aliphatic heterocycles.